The molecule has 3 heteroatoms. The maximum absolute atomic E-state index is 5.48. The van der Waals surface area contributed by atoms with Gasteiger partial charge >= 0.3 is 0 Å². The number of ether oxygens (including phenoxy) is 1. The van der Waals surface area contributed by atoms with Gasteiger partial charge in [0.2, 0.25) is 0 Å². The van der Waals surface area contributed by atoms with Gasteiger partial charge in [-0.2, -0.15) is 0 Å². The van der Waals surface area contributed by atoms with E-state index in [1.807, 2.05) is 0 Å². The highest BCUT2D eigenvalue weighted by Gasteiger charge is 2.36. The highest BCUT2D eigenvalue weighted by molar-refractivity contribution is 4.95. The fourth-order valence-corrected chi connectivity index (χ4v) is 2.88. The summed E-state index contributed by atoms with van der Waals surface area (Å²) >= 11 is 0. The third-order valence-corrected chi connectivity index (χ3v) is 3.61. The molecule has 88 valence electrons. The summed E-state index contributed by atoms with van der Waals surface area (Å²) in [5.41, 5.74) is 0. The molecule has 2 fully saturated rings. The van der Waals surface area contributed by atoms with E-state index in [1.54, 1.807) is 0 Å². The van der Waals surface area contributed by atoms with Crippen LogP contribution in [-0.2, 0) is 4.74 Å². The van der Waals surface area contributed by atoms with E-state index in [0.29, 0.717) is 0 Å². The van der Waals surface area contributed by atoms with E-state index in [9.17, 15) is 0 Å². The lowest BCUT2D eigenvalue weighted by Gasteiger charge is -2.21. The maximum Gasteiger partial charge on any atom is 0.0591 e. The van der Waals surface area contributed by atoms with Crippen LogP contribution in [0.2, 0.25) is 0 Å². The van der Waals surface area contributed by atoms with Crippen molar-refractivity contribution in [2.75, 3.05) is 32.8 Å². The summed E-state index contributed by atoms with van der Waals surface area (Å²) in [6.45, 7) is 7.59. The molecular formula is C12H24N2O. The van der Waals surface area contributed by atoms with Gasteiger partial charge in [-0.05, 0) is 32.2 Å². The summed E-state index contributed by atoms with van der Waals surface area (Å²) in [5, 5.41) is 3.65. The fourth-order valence-electron chi connectivity index (χ4n) is 2.88. The Hall–Kier alpha value is -0.120. The molecule has 2 aliphatic heterocycles. The first-order chi connectivity index (χ1) is 7.42. The Morgan fingerprint density at radius 3 is 3.07 bits per heavy atom. The minimum atomic E-state index is 0.734. The molecule has 0 saturated carbocycles. The van der Waals surface area contributed by atoms with Crippen LogP contribution in [-0.4, -0.2) is 49.8 Å². The summed E-state index contributed by atoms with van der Waals surface area (Å²) in [5.74, 6) is 0. The topological polar surface area (TPSA) is 24.5 Å². The van der Waals surface area contributed by atoms with E-state index >= 15 is 0 Å². The summed E-state index contributed by atoms with van der Waals surface area (Å²) in [7, 11) is 0. The van der Waals surface area contributed by atoms with Gasteiger partial charge < -0.3 is 10.1 Å². The van der Waals surface area contributed by atoms with E-state index in [0.717, 1.165) is 38.3 Å². The van der Waals surface area contributed by atoms with E-state index in [1.165, 1.54) is 32.4 Å². The molecule has 0 aromatic rings. The van der Waals surface area contributed by atoms with Crippen LogP contribution in [0.4, 0.5) is 0 Å². The smallest absolute Gasteiger partial charge is 0.0591 e. The van der Waals surface area contributed by atoms with Crippen LogP contribution >= 0.6 is 0 Å². The molecule has 2 heterocycles. The Bertz CT molecular complexity index is 186. The zero-order chi connectivity index (χ0) is 10.5. The average molecular weight is 212 g/mol. The van der Waals surface area contributed by atoms with Crippen molar-refractivity contribution in [3.8, 4) is 0 Å². The Morgan fingerprint density at radius 2 is 2.20 bits per heavy atom. The fraction of sp³-hybridized carbons (Fsp3) is 1.00. The predicted octanol–water partition coefficient (Wildman–Crippen LogP) is 1.24. The minimum absolute atomic E-state index is 0.734. The quantitative estimate of drug-likeness (QED) is 0.670. The second-order valence-corrected chi connectivity index (χ2v) is 4.71. The van der Waals surface area contributed by atoms with Gasteiger partial charge in [-0.15, -0.1) is 0 Å². The molecule has 0 spiro atoms. The zero-order valence-corrected chi connectivity index (χ0v) is 9.87. The number of hydrogen-bond donors (Lipinski definition) is 1. The van der Waals surface area contributed by atoms with Gasteiger partial charge in [0.05, 0.1) is 6.61 Å². The zero-order valence-electron chi connectivity index (χ0n) is 9.87. The Kier molecular flexibility index (Phi) is 4.42. The molecular weight excluding hydrogens is 188 g/mol. The standard InChI is InChI=1S/C12H24N2O/c1-2-9-15-10-6-13-11-5-8-14-7-3-4-12(11)14/h11-13H,2-10H2,1H3. The van der Waals surface area contributed by atoms with Crippen molar-refractivity contribution in [3.63, 3.8) is 0 Å². The van der Waals surface area contributed by atoms with Crippen LogP contribution < -0.4 is 5.32 Å². The van der Waals surface area contributed by atoms with E-state index in [2.05, 4.69) is 17.1 Å². The highest BCUT2D eigenvalue weighted by atomic mass is 16.5. The van der Waals surface area contributed by atoms with Gasteiger partial charge in [0.15, 0.2) is 0 Å². The van der Waals surface area contributed by atoms with Gasteiger partial charge in [0.25, 0.3) is 0 Å². The third kappa shape index (κ3) is 2.92. The number of fused-ring (bicyclic) bond motifs is 1. The Balaban J connectivity index is 1.59. The van der Waals surface area contributed by atoms with E-state index < -0.39 is 0 Å². The number of nitrogens with one attached hydrogen (secondary N) is 1. The van der Waals surface area contributed by atoms with Crippen molar-refractivity contribution in [2.45, 2.75) is 44.7 Å². The molecule has 2 atom stereocenters. The predicted molar refractivity (Wildman–Crippen MR) is 62.1 cm³/mol. The highest BCUT2D eigenvalue weighted by Crippen LogP contribution is 2.27. The summed E-state index contributed by atoms with van der Waals surface area (Å²) in [4.78, 5) is 2.64. The first kappa shape index (κ1) is 11.4. The lowest BCUT2D eigenvalue weighted by atomic mass is 10.1. The second kappa shape index (κ2) is 5.83. The molecule has 2 saturated heterocycles. The summed E-state index contributed by atoms with van der Waals surface area (Å²) in [6.07, 6.45) is 5.25. The first-order valence-electron chi connectivity index (χ1n) is 6.47. The lowest BCUT2D eigenvalue weighted by molar-refractivity contribution is 0.133. The van der Waals surface area contributed by atoms with Crippen molar-refractivity contribution in [1.82, 2.24) is 10.2 Å². The minimum Gasteiger partial charge on any atom is -0.380 e. The lowest BCUT2D eigenvalue weighted by Crippen LogP contribution is -2.40. The molecule has 0 radical (unpaired) electrons. The molecule has 1 N–H and O–H groups in total. The van der Waals surface area contributed by atoms with Crippen molar-refractivity contribution >= 4 is 0 Å². The van der Waals surface area contributed by atoms with Crippen molar-refractivity contribution in [2.24, 2.45) is 0 Å². The molecule has 0 aliphatic carbocycles. The number of rotatable bonds is 6. The van der Waals surface area contributed by atoms with Crippen molar-refractivity contribution < 1.29 is 4.74 Å². The molecule has 2 rings (SSSR count). The number of hydrogen-bond acceptors (Lipinski definition) is 3. The van der Waals surface area contributed by atoms with Crippen molar-refractivity contribution in [1.29, 1.82) is 0 Å². The van der Waals surface area contributed by atoms with E-state index in [-0.39, 0.29) is 0 Å². The van der Waals surface area contributed by atoms with Crippen LogP contribution in [0, 0.1) is 0 Å². The van der Waals surface area contributed by atoms with Crippen LogP contribution in [0.1, 0.15) is 32.6 Å². The van der Waals surface area contributed by atoms with Crippen LogP contribution in [0.25, 0.3) is 0 Å². The summed E-state index contributed by atoms with van der Waals surface area (Å²) in [6, 6.07) is 1.56. The molecule has 2 aliphatic rings. The number of nitrogens with zero attached hydrogens (tertiary/aromatic N) is 1. The third-order valence-electron chi connectivity index (χ3n) is 3.61. The Morgan fingerprint density at radius 1 is 1.27 bits per heavy atom. The molecule has 0 aromatic heterocycles. The molecule has 0 aromatic carbocycles. The summed E-state index contributed by atoms with van der Waals surface area (Å²) < 4.78 is 5.48. The first-order valence-corrected chi connectivity index (χ1v) is 6.47. The van der Waals surface area contributed by atoms with Gasteiger partial charge in [0, 0.05) is 31.8 Å². The van der Waals surface area contributed by atoms with Gasteiger partial charge in [-0.3, -0.25) is 4.90 Å². The largest absolute Gasteiger partial charge is 0.380 e. The molecule has 0 bridgehead atoms. The van der Waals surface area contributed by atoms with Crippen LogP contribution in [0.15, 0.2) is 0 Å². The molecule has 3 nitrogen and oxygen atoms in total. The molecule has 2 unspecified atom stereocenters. The average Bonchev–Trinajstić information content (AvgIpc) is 2.81. The SMILES string of the molecule is CCCOCCNC1CCN2CCCC12. The van der Waals surface area contributed by atoms with Gasteiger partial charge in [-0.1, -0.05) is 6.92 Å². The molecule has 15 heavy (non-hydrogen) atoms. The molecule has 0 amide bonds. The van der Waals surface area contributed by atoms with E-state index in [4.69, 9.17) is 4.74 Å². The second-order valence-electron chi connectivity index (χ2n) is 4.71. The van der Waals surface area contributed by atoms with Gasteiger partial charge in [0.1, 0.15) is 0 Å². The monoisotopic (exact) mass is 212 g/mol. The van der Waals surface area contributed by atoms with Crippen LogP contribution in [0.5, 0.6) is 0 Å². The normalized spacial score (nSPS) is 31.0. The van der Waals surface area contributed by atoms with Gasteiger partial charge in [-0.25, -0.2) is 0 Å². The van der Waals surface area contributed by atoms with Crippen molar-refractivity contribution in [3.05, 3.63) is 0 Å². The Labute approximate surface area is 93.2 Å². The van der Waals surface area contributed by atoms with Crippen LogP contribution in [0.3, 0.4) is 0 Å². The maximum atomic E-state index is 5.48.